The van der Waals surface area contributed by atoms with E-state index in [0.29, 0.717) is 5.92 Å². The second-order valence-electron chi connectivity index (χ2n) is 4.01. The number of halogens is 1. The van der Waals surface area contributed by atoms with Crippen molar-refractivity contribution in [3.63, 3.8) is 0 Å². The monoisotopic (exact) mass is 221 g/mol. The van der Waals surface area contributed by atoms with Crippen LogP contribution in [0.2, 0.25) is 5.15 Å². The molecular formula is C11H12ClN3. The lowest BCUT2D eigenvalue weighted by atomic mass is 9.99. The van der Waals surface area contributed by atoms with Crippen LogP contribution in [0.4, 0.5) is 0 Å². The topological polar surface area (TPSA) is 29.3 Å². The molecule has 78 valence electrons. The number of fused-ring (bicyclic) bond motifs is 1. The predicted octanol–water partition coefficient (Wildman–Crippen LogP) is 1.75. The zero-order valence-electron chi connectivity index (χ0n) is 8.28. The zero-order chi connectivity index (χ0) is 10.3. The second kappa shape index (κ2) is 3.51. The third-order valence-corrected chi connectivity index (χ3v) is 3.21. The molecule has 1 fully saturated rings. The van der Waals surface area contributed by atoms with Gasteiger partial charge in [0.2, 0.25) is 0 Å². The van der Waals surface area contributed by atoms with Gasteiger partial charge in [-0.05, 0) is 31.1 Å². The number of hydrogen-bond acceptors (Lipinski definition) is 2. The van der Waals surface area contributed by atoms with Gasteiger partial charge in [0, 0.05) is 6.42 Å². The lowest BCUT2D eigenvalue weighted by molar-refractivity contribution is 0.341. The Morgan fingerprint density at radius 1 is 1.47 bits per heavy atom. The molecule has 0 aliphatic carbocycles. The molecule has 4 heteroatoms. The Hall–Kier alpha value is -1.06. The molecule has 0 radical (unpaired) electrons. The van der Waals surface area contributed by atoms with Crippen LogP contribution in [0.15, 0.2) is 24.4 Å². The van der Waals surface area contributed by atoms with Crippen molar-refractivity contribution in [1.29, 1.82) is 0 Å². The second-order valence-corrected chi connectivity index (χ2v) is 4.40. The van der Waals surface area contributed by atoms with E-state index >= 15 is 0 Å². The number of hydrogen-bond donors (Lipinski definition) is 1. The lowest BCUT2D eigenvalue weighted by Gasteiger charge is -2.26. The standard InChI is InChI=1S/C11H12ClN3/c12-10-3-1-2-9-7-14-11(15(9)10)4-8-5-13-6-8/h1-3,7-8,13H,4-6H2. The molecule has 1 saturated heterocycles. The van der Waals surface area contributed by atoms with E-state index in [1.807, 2.05) is 28.8 Å². The third-order valence-electron chi connectivity index (χ3n) is 2.91. The number of rotatable bonds is 2. The molecule has 1 aliphatic rings. The predicted molar refractivity (Wildman–Crippen MR) is 60.3 cm³/mol. The van der Waals surface area contributed by atoms with Gasteiger partial charge < -0.3 is 5.32 Å². The summed E-state index contributed by atoms with van der Waals surface area (Å²) in [6.07, 6.45) is 2.89. The maximum absolute atomic E-state index is 6.16. The Morgan fingerprint density at radius 2 is 2.33 bits per heavy atom. The van der Waals surface area contributed by atoms with Gasteiger partial charge >= 0.3 is 0 Å². The SMILES string of the molecule is Clc1cccc2cnc(CC3CNC3)n12. The highest BCUT2D eigenvalue weighted by molar-refractivity contribution is 6.29. The molecule has 0 aromatic carbocycles. The van der Waals surface area contributed by atoms with E-state index in [2.05, 4.69) is 10.3 Å². The van der Waals surface area contributed by atoms with E-state index in [1.54, 1.807) is 0 Å². The number of pyridine rings is 1. The number of nitrogens with one attached hydrogen (secondary N) is 1. The summed E-state index contributed by atoms with van der Waals surface area (Å²) in [6, 6.07) is 5.88. The fraction of sp³-hybridized carbons (Fsp3) is 0.364. The van der Waals surface area contributed by atoms with Crippen molar-refractivity contribution in [3.05, 3.63) is 35.4 Å². The molecule has 3 heterocycles. The largest absolute Gasteiger partial charge is 0.316 e. The van der Waals surface area contributed by atoms with Crippen molar-refractivity contribution in [2.24, 2.45) is 5.92 Å². The first-order chi connectivity index (χ1) is 7.34. The molecule has 0 atom stereocenters. The summed E-state index contributed by atoms with van der Waals surface area (Å²) in [5, 5.41) is 4.01. The minimum atomic E-state index is 0.715. The van der Waals surface area contributed by atoms with Crippen LogP contribution in [0, 0.1) is 5.92 Å². The first-order valence-electron chi connectivity index (χ1n) is 5.16. The molecule has 1 N–H and O–H groups in total. The van der Waals surface area contributed by atoms with Gasteiger partial charge in [-0.2, -0.15) is 0 Å². The van der Waals surface area contributed by atoms with Crippen LogP contribution < -0.4 is 5.32 Å². The van der Waals surface area contributed by atoms with E-state index in [0.717, 1.165) is 36.0 Å². The summed E-state index contributed by atoms with van der Waals surface area (Å²) < 4.78 is 2.03. The van der Waals surface area contributed by atoms with E-state index < -0.39 is 0 Å². The third kappa shape index (κ3) is 1.52. The molecule has 0 unspecified atom stereocenters. The molecule has 2 aromatic rings. The van der Waals surface area contributed by atoms with Crippen molar-refractivity contribution >= 4 is 17.1 Å². The molecule has 0 spiro atoms. The maximum Gasteiger partial charge on any atom is 0.114 e. The van der Waals surface area contributed by atoms with Crippen LogP contribution in [0.3, 0.4) is 0 Å². The fourth-order valence-electron chi connectivity index (χ4n) is 1.96. The molecular weight excluding hydrogens is 210 g/mol. The van der Waals surface area contributed by atoms with Crippen LogP contribution >= 0.6 is 11.6 Å². The van der Waals surface area contributed by atoms with Crippen molar-refractivity contribution < 1.29 is 0 Å². The molecule has 1 aliphatic heterocycles. The smallest absolute Gasteiger partial charge is 0.114 e. The van der Waals surface area contributed by atoms with Crippen molar-refractivity contribution in [1.82, 2.24) is 14.7 Å². The number of aromatic nitrogens is 2. The summed E-state index contributed by atoms with van der Waals surface area (Å²) in [5.41, 5.74) is 1.07. The van der Waals surface area contributed by atoms with E-state index in [1.165, 1.54) is 0 Å². The van der Waals surface area contributed by atoms with Gasteiger partial charge in [0.15, 0.2) is 0 Å². The normalized spacial score (nSPS) is 16.9. The lowest BCUT2D eigenvalue weighted by Crippen LogP contribution is -2.43. The summed E-state index contributed by atoms with van der Waals surface area (Å²) in [6.45, 7) is 2.19. The summed E-state index contributed by atoms with van der Waals surface area (Å²) in [4.78, 5) is 4.43. The van der Waals surface area contributed by atoms with E-state index in [9.17, 15) is 0 Å². The van der Waals surface area contributed by atoms with Crippen LogP contribution in [-0.4, -0.2) is 22.5 Å². The van der Waals surface area contributed by atoms with Gasteiger partial charge in [-0.1, -0.05) is 17.7 Å². The highest BCUT2D eigenvalue weighted by Crippen LogP contribution is 2.18. The molecule has 3 rings (SSSR count). The Bertz CT molecular complexity index is 488. The van der Waals surface area contributed by atoms with Crippen molar-refractivity contribution in [2.75, 3.05) is 13.1 Å². The molecule has 0 saturated carbocycles. The first-order valence-corrected chi connectivity index (χ1v) is 5.54. The van der Waals surface area contributed by atoms with Crippen LogP contribution in [0.25, 0.3) is 5.52 Å². The minimum absolute atomic E-state index is 0.715. The molecule has 15 heavy (non-hydrogen) atoms. The summed E-state index contributed by atoms with van der Waals surface area (Å²) in [5.74, 6) is 1.79. The number of nitrogens with zero attached hydrogens (tertiary/aromatic N) is 2. The Balaban J connectivity index is 2.02. The minimum Gasteiger partial charge on any atom is -0.316 e. The average Bonchev–Trinajstić information content (AvgIpc) is 2.56. The van der Waals surface area contributed by atoms with Gasteiger partial charge in [-0.15, -0.1) is 0 Å². The van der Waals surface area contributed by atoms with Crippen LogP contribution in [-0.2, 0) is 6.42 Å². The quantitative estimate of drug-likeness (QED) is 0.783. The van der Waals surface area contributed by atoms with E-state index in [4.69, 9.17) is 11.6 Å². The van der Waals surface area contributed by atoms with Gasteiger partial charge in [-0.3, -0.25) is 4.40 Å². The van der Waals surface area contributed by atoms with Crippen molar-refractivity contribution in [2.45, 2.75) is 6.42 Å². The highest BCUT2D eigenvalue weighted by Gasteiger charge is 2.19. The van der Waals surface area contributed by atoms with Gasteiger partial charge in [0.25, 0.3) is 0 Å². The highest BCUT2D eigenvalue weighted by atomic mass is 35.5. The molecule has 0 bridgehead atoms. The first kappa shape index (κ1) is 9.19. The van der Waals surface area contributed by atoms with Crippen molar-refractivity contribution in [3.8, 4) is 0 Å². The molecule has 0 amide bonds. The Kier molecular flexibility index (Phi) is 2.15. The van der Waals surface area contributed by atoms with Crippen LogP contribution in [0.5, 0.6) is 0 Å². The van der Waals surface area contributed by atoms with Gasteiger partial charge in [0.1, 0.15) is 11.0 Å². The van der Waals surface area contributed by atoms with Gasteiger partial charge in [-0.25, -0.2) is 4.98 Å². The average molecular weight is 222 g/mol. The Labute approximate surface area is 93.1 Å². The molecule has 3 nitrogen and oxygen atoms in total. The zero-order valence-corrected chi connectivity index (χ0v) is 9.04. The fourth-order valence-corrected chi connectivity index (χ4v) is 2.23. The number of imidazole rings is 1. The van der Waals surface area contributed by atoms with Gasteiger partial charge in [0.05, 0.1) is 11.7 Å². The molecule has 2 aromatic heterocycles. The summed E-state index contributed by atoms with van der Waals surface area (Å²) >= 11 is 6.16. The summed E-state index contributed by atoms with van der Waals surface area (Å²) in [7, 11) is 0. The maximum atomic E-state index is 6.16. The van der Waals surface area contributed by atoms with E-state index in [-0.39, 0.29) is 0 Å². The van der Waals surface area contributed by atoms with Crippen LogP contribution in [0.1, 0.15) is 5.82 Å². The Morgan fingerprint density at radius 3 is 3.07 bits per heavy atom.